The molecule has 0 radical (unpaired) electrons. The number of halogens is 3. The van der Waals surface area contributed by atoms with Crippen molar-refractivity contribution in [3.63, 3.8) is 0 Å². The highest BCUT2D eigenvalue weighted by molar-refractivity contribution is 5.95. The van der Waals surface area contributed by atoms with E-state index < -0.39 is 17.6 Å². The molecule has 2 rings (SSSR count). The molecule has 146 valence electrons. The normalized spacial score (nSPS) is 11.1. The summed E-state index contributed by atoms with van der Waals surface area (Å²) in [5.74, 6) is 0.404. The van der Waals surface area contributed by atoms with Crippen molar-refractivity contribution in [1.82, 2.24) is 4.90 Å². The number of nitrogens with zero attached hydrogens (tertiary/aromatic N) is 1. The van der Waals surface area contributed by atoms with Gasteiger partial charge in [0.25, 0.3) is 5.91 Å². The molecule has 0 atom stereocenters. The second-order valence-electron chi connectivity index (χ2n) is 5.73. The van der Waals surface area contributed by atoms with Crippen LogP contribution in [0.3, 0.4) is 0 Å². The topological polar surface area (TPSA) is 48.0 Å². The van der Waals surface area contributed by atoms with Crippen molar-refractivity contribution in [2.45, 2.75) is 12.7 Å². The molecule has 1 amide bonds. The second kappa shape index (κ2) is 8.20. The van der Waals surface area contributed by atoms with Crippen molar-refractivity contribution in [3.05, 3.63) is 53.1 Å². The molecule has 0 saturated heterocycles. The van der Waals surface area contributed by atoms with E-state index >= 15 is 0 Å². The fraction of sp³-hybridized carbons (Fsp3) is 0.316. The van der Waals surface area contributed by atoms with E-state index in [0.717, 1.165) is 6.07 Å². The van der Waals surface area contributed by atoms with Crippen molar-refractivity contribution < 1.29 is 32.2 Å². The third-order valence-electron chi connectivity index (χ3n) is 3.99. The number of methoxy groups -OCH3 is 3. The van der Waals surface area contributed by atoms with E-state index in [1.165, 1.54) is 63.6 Å². The van der Waals surface area contributed by atoms with E-state index in [1.54, 1.807) is 0 Å². The van der Waals surface area contributed by atoms with Gasteiger partial charge in [-0.05, 0) is 23.8 Å². The summed E-state index contributed by atoms with van der Waals surface area (Å²) >= 11 is 0. The third kappa shape index (κ3) is 4.45. The van der Waals surface area contributed by atoms with Gasteiger partial charge >= 0.3 is 6.18 Å². The molecule has 0 saturated carbocycles. The first kappa shape index (κ1) is 20.4. The molecule has 5 nitrogen and oxygen atoms in total. The Morgan fingerprint density at radius 1 is 1.00 bits per heavy atom. The minimum Gasteiger partial charge on any atom is -0.493 e. The molecule has 2 aromatic carbocycles. The second-order valence-corrected chi connectivity index (χ2v) is 5.73. The van der Waals surface area contributed by atoms with Crippen LogP contribution in [0.25, 0.3) is 0 Å². The van der Waals surface area contributed by atoms with Gasteiger partial charge in [0.05, 0.1) is 26.9 Å². The minimum absolute atomic E-state index is 0.00768. The van der Waals surface area contributed by atoms with Crippen LogP contribution in [-0.2, 0) is 12.7 Å². The quantitative estimate of drug-likeness (QED) is 0.757. The van der Waals surface area contributed by atoms with Crippen LogP contribution in [-0.4, -0.2) is 39.2 Å². The molecule has 0 fully saturated rings. The van der Waals surface area contributed by atoms with Gasteiger partial charge in [0.15, 0.2) is 11.5 Å². The summed E-state index contributed by atoms with van der Waals surface area (Å²) in [5, 5.41) is 0. The van der Waals surface area contributed by atoms with Gasteiger partial charge in [0, 0.05) is 19.2 Å². The first-order valence-corrected chi connectivity index (χ1v) is 7.93. The first-order valence-electron chi connectivity index (χ1n) is 7.93. The maximum Gasteiger partial charge on any atom is 0.416 e. The average molecular weight is 383 g/mol. The number of carbonyl (C=O) groups excluding carboxylic acids is 1. The van der Waals surface area contributed by atoms with Crippen molar-refractivity contribution in [1.29, 1.82) is 0 Å². The lowest BCUT2D eigenvalue weighted by Crippen LogP contribution is -2.27. The Labute approximate surface area is 155 Å². The summed E-state index contributed by atoms with van der Waals surface area (Å²) in [5.41, 5.74) is -0.556. The smallest absolute Gasteiger partial charge is 0.416 e. The van der Waals surface area contributed by atoms with Crippen LogP contribution in [0.5, 0.6) is 17.2 Å². The molecule has 0 N–H and O–H groups in total. The van der Waals surface area contributed by atoms with Crippen LogP contribution in [0.15, 0.2) is 36.4 Å². The van der Waals surface area contributed by atoms with E-state index in [1.807, 2.05) is 0 Å². The summed E-state index contributed by atoms with van der Waals surface area (Å²) in [4.78, 5) is 13.9. The van der Waals surface area contributed by atoms with Crippen LogP contribution in [0.1, 0.15) is 21.5 Å². The fourth-order valence-electron chi connectivity index (χ4n) is 2.69. The zero-order valence-electron chi connectivity index (χ0n) is 15.4. The van der Waals surface area contributed by atoms with Crippen molar-refractivity contribution in [2.75, 3.05) is 28.4 Å². The zero-order valence-corrected chi connectivity index (χ0v) is 15.4. The largest absolute Gasteiger partial charge is 0.493 e. The van der Waals surface area contributed by atoms with Crippen molar-refractivity contribution >= 4 is 5.91 Å². The standard InChI is InChI=1S/C19H20F3NO4/c1-23(11-12-7-5-6-8-14(12)19(20,21)22)18(24)13-9-15(25-2)17(27-4)16(10-13)26-3/h5-10H,11H2,1-4H3. The van der Waals surface area contributed by atoms with Crippen molar-refractivity contribution in [3.8, 4) is 17.2 Å². The maximum atomic E-state index is 13.2. The molecule has 0 unspecified atom stereocenters. The summed E-state index contributed by atoms with van der Waals surface area (Å²) < 4.78 is 55.1. The van der Waals surface area contributed by atoms with E-state index in [4.69, 9.17) is 14.2 Å². The van der Waals surface area contributed by atoms with Gasteiger partial charge in [-0.3, -0.25) is 4.79 Å². The number of benzene rings is 2. The maximum absolute atomic E-state index is 13.2. The Balaban J connectivity index is 2.34. The molecule has 0 aliphatic carbocycles. The number of amides is 1. The molecular weight excluding hydrogens is 363 g/mol. The summed E-state index contributed by atoms with van der Waals surface area (Å²) in [6, 6.07) is 8.07. The molecule has 27 heavy (non-hydrogen) atoms. The lowest BCUT2D eigenvalue weighted by Gasteiger charge is -2.21. The fourth-order valence-corrected chi connectivity index (χ4v) is 2.69. The number of alkyl halides is 3. The predicted molar refractivity (Wildman–Crippen MR) is 93.3 cm³/mol. The van der Waals surface area contributed by atoms with Crippen LogP contribution in [0, 0.1) is 0 Å². The number of carbonyl (C=O) groups is 1. The molecule has 0 aliphatic rings. The average Bonchev–Trinajstić information content (AvgIpc) is 2.65. The highest BCUT2D eigenvalue weighted by Crippen LogP contribution is 2.38. The van der Waals surface area contributed by atoms with Gasteiger partial charge in [-0.2, -0.15) is 13.2 Å². The van der Waals surface area contributed by atoms with Gasteiger partial charge in [-0.25, -0.2) is 0 Å². The summed E-state index contributed by atoms with van der Waals surface area (Å²) in [6.07, 6.45) is -4.49. The molecule has 2 aromatic rings. The molecule has 8 heteroatoms. The lowest BCUT2D eigenvalue weighted by molar-refractivity contribution is -0.138. The van der Waals surface area contributed by atoms with E-state index in [2.05, 4.69) is 0 Å². The van der Waals surface area contributed by atoms with Gasteiger partial charge in [0.2, 0.25) is 5.75 Å². The Kier molecular flexibility index (Phi) is 6.20. The Bertz CT molecular complexity index is 796. The predicted octanol–water partition coefficient (Wildman–Crippen LogP) is 4.00. The molecule has 0 spiro atoms. The highest BCUT2D eigenvalue weighted by Gasteiger charge is 2.33. The number of rotatable bonds is 6. The minimum atomic E-state index is -4.49. The molecule has 0 aromatic heterocycles. The molecular formula is C19H20F3NO4. The monoisotopic (exact) mass is 383 g/mol. The molecule has 0 aliphatic heterocycles. The van der Waals surface area contributed by atoms with Crippen LogP contribution < -0.4 is 14.2 Å². The lowest BCUT2D eigenvalue weighted by atomic mass is 10.1. The van der Waals surface area contributed by atoms with Crippen LogP contribution in [0.2, 0.25) is 0 Å². The molecule has 0 heterocycles. The number of ether oxygens (including phenoxy) is 3. The van der Waals surface area contributed by atoms with E-state index in [9.17, 15) is 18.0 Å². The van der Waals surface area contributed by atoms with Crippen molar-refractivity contribution in [2.24, 2.45) is 0 Å². The van der Waals surface area contributed by atoms with E-state index in [-0.39, 0.29) is 29.2 Å². The number of hydrogen-bond acceptors (Lipinski definition) is 4. The summed E-state index contributed by atoms with van der Waals surface area (Å²) in [7, 11) is 5.68. The Morgan fingerprint density at radius 3 is 2.04 bits per heavy atom. The SMILES string of the molecule is COc1cc(C(=O)N(C)Cc2ccccc2C(F)(F)F)cc(OC)c1OC. The van der Waals surface area contributed by atoms with Gasteiger partial charge in [0.1, 0.15) is 0 Å². The Hall–Kier alpha value is -2.90. The third-order valence-corrected chi connectivity index (χ3v) is 3.99. The number of hydrogen-bond donors (Lipinski definition) is 0. The first-order chi connectivity index (χ1) is 12.7. The molecule has 0 bridgehead atoms. The summed E-state index contributed by atoms with van der Waals surface area (Å²) in [6.45, 7) is -0.203. The van der Waals surface area contributed by atoms with Gasteiger partial charge in [-0.15, -0.1) is 0 Å². The van der Waals surface area contributed by atoms with Gasteiger partial charge in [-0.1, -0.05) is 18.2 Å². The van der Waals surface area contributed by atoms with Crippen LogP contribution in [0.4, 0.5) is 13.2 Å². The van der Waals surface area contributed by atoms with Gasteiger partial charge < -0.3 is 19.1 Å². The zero-order chi connectivity index (χ0) is 20.2. The highest BCUT2D eigenvalue weighted by atomic mass is 19.4. The van der Waals surface area contributed by atoms with E-state index in [0.29, 0.717) is 5.75 Å². The Morgan fingerprint density at radius 2 is 1.56 bits per heavy atom. The van der Waals surface area contributed by atoms with Crippen LogP contribution >= 0.6 is 0 Å².